The van der Waals surface area contributed by atoms with E-state index in [9.17, 15) is 4.79 Å². The number of hydrogen-bond donors (Lipinski definition) is 0. The predicted octanol–water partition coefficient (Wildman–Crippen LogP) is 2.38. The molecule has 104 valence electrons. The fourth-order valence-corrected chi connectivity index (χ4v) is 3.07. The number of carbonyl (C=O) groups is 1. The standard InChI is InChI=1S/C14H15IN4O/c1-2-19-13(16-9-17-19)8-18-12-5-4-11(15)7-10(12)3-6-14(18)20/h4-5,7,9H,2-3,6,8H2,1H3. The van der Waals surface area contributed by atoms with Crippen LogP contribution >= 0.6 is 22.6 Å². The van der Waals surface area contributed by atoms with Crippen LogP contribution in [-0.2, 0) is 24.3 Å². The smallest absolute Gasteiger partial charge is 0.227 e. The quantitative estimate of drug-likeness (QED) is 0.767. The molecule has 1 aromatic heterocycles. The van der Waals surface area contributed by atoms with Gasteiger partial charge >= 0.3 is 0 Å². The summed E-state index contributed by atoms with van der Waals surface area (Å²) in [6, 6.07) is 6.22. The van der Waals surface area contributed by atoms with E-state index in [0.29, 0.717) is 13.0 Å². The molecule has 0 fully saturated rings. The number of amides is 1. The number of nitrogens with zero attached hydrogens (tertiary/aromatic N) is 4. The van der Waals surface area contributed by atoms with Gasteiger partial charge in [0.1, 0.15) is 12.2 Å². The zero-order valence-electron chi connectivity index (χ0n) is 11.2. The zero-order valence-corrected chi connectivity index (χ0v) is 13.4. The number of halogens is 1. The van der Waals surface area contributed by atoms with Gasteiger partial charge in [0, 0.05) is 22.2 Å². The van der Waals surface area contributed by atoms with Crippen LogP contribution in [0, 0.1) is 3.57 Å². The van der Waals surface area contributed by atoms with Crippen molar-refractivity contribution in [3.8, 4) is 0 Å². The Morgan fingerprint density at radius 2 is 2.20 bits per heavy atom. The molecule has 0 radical (unpaired) electrons. The third kappa shape index (κ3) is 2.44. The van der Waals surface area contributed by atoms with Crippen LogP contribution in [0.2, 0.25) is 0 Å². The molecule has 0 unspecified atom stereocenters. The summed E-state index contributed by atoms with van der Waals surface area (Å²) in [7, 11) is 0. The lowest BCUT2D eigenvalue weighted by Crippen LogP contribution is -2.35. The van der Waals surface area contributed by atoms with E-state index < -0.39 is 0 Å². The van der Waals surface area contributed by atoms with Crippen LogP contribution < -0.4 is 4.90 Å². The molecule has 0 bridgehead atoms. The Morgan fingerprint density at radius 1 is 1.35 bits per heavy atom. The molecular weight excluding hydrogens is 367 g/mol. The molecule has 2 aromatic rings. The third-order valence-electron chi connectivity index (χ3n) is 3.54. The summed E-state index contributed by atoms with van der Waals surface area (Å²) in [5.41, 5.74) is 2.24. The van der Waals surface area contributed by atoms with E-state index in [0.717, 1.165) is 24.5 Å². The first kappa shape index (κ1) is 13.5. The Balaban J connectivity index is 1.95. The van der Waals surface area contributed by atoms with Crippen molar-refractivity contribution in [2.24, 2.45) is 0 Å². The number of fused-ring (bicyclic) bond motifs is 1. The normalized spacial score (nSPS) is 14.5. The largest absolute Gasteiger partial charge is 0.305 e. The topological polar surface area (TPSA) is 51.0 Å². The zero-order chi connectivity index (χ0) is 14.1. The Morgan fingerprint density at radius 3 is 3.00 bits per heavy atom. The second kappa shape index (κ2) is 5.51. The molecule has 1 aliphatic heterocycles. The fourth-order valence-electron chi connectivity index (χ4n) is 2.52. The summed E-state index contributed by atoms with van der Waals surface area (Å²) < 4.78 is 3.03. The SMILES string of the molecule is CCn1ncnc1CN1C(=O)CCc2cc(I)ccc21. The molecule has 0 atom stereocenters. The van der Waals surface area contributed by atoms with Gasteiger partial charge in [-0.3, -0.25) is 4.79 Å². The lowest BCUT2D eigenvalue weighted by Gasteiger charge is -2.29. The molecule has 2 heterocycles. The van der Waals surface area contributed by atoms with E-state index in [4.69, 9.17) is 0 Å². The van der Waals surface area contributed by atoms with Crippen LogP contribution in [-0.4, -0.2) is 20.7 Å². The molecule has 20 heavy (non-hydrogen) atoms. The fraction of sp³-hybridized carbons (Fsp3) is 0.357. The van der Waals surface area contributed by atoms with Crippen molar-refractivity contribution in [1.29, 1.82) is 0 Å². The van der Waals surface area contributed by atoms with Crippen LogP contribution in [0.1, 0.15) is 24.7 Å². The van der Waals surface area contributed by atoms with Gasteiger partial charge < -0.3 is 4.90 Å². The van der Waals surface area contributed by atoms with E-state index in [-0.39, 0.29) is 5.91 Å². The van der Waals surface area contributed by atoms with Crippen molar-refractivity contribution in [3.05, 3.63) is 39.5 Å². The molecule has 0 saturated heterocycles. The van der Waals surface area contributed by atoms with Gasteiger partial charge in [-0.25, -0.2) is 9.67 Å². The number of anilines is 1. The number of hydrogen-bond acceptors (Lipinski definition) is 3. The highest BCUT2D eigenvalue weighted by Crippen LogP contribution is 2.30. The Labute approximate surface area is 131 Å². The Kier molecular flexibility index (Phi) is 3.73. The first-order valence-corrected chi connectivity index (χ1v) is 7.72. The molecule has 6 heteroatoms. The second-order valence-electron chi connectivity index (χ2n) is 4.74. The number of aromatic nitrogens is 3. The second-order valence-corrected chi connectivity index (χ2v) is 5.99. The predicted molar refractivity (Wildman–Crippen MR) is 84.4 cm³/mol. The maximum absolute atomic E-state index is 12.2. The lowest BCUT2D eigenvalue weighted by atomic mass is 10.0. The summed E-state index contributed by atoms with van der Waals surface area (Å²) >= 11 is 2.30. The van der Waals surface area contributed by atoms with Crippen LogP contribution in [0.4, 0.5) is 5.69 Å². The number of benzene rings is 1. The minimum absolute atomic E-state index is 0.157. The first-order chi connectivity index (χ1) is 9.69. The average Bonchev–Trinajstić information content (AvgIpc) is 2.89. The van der Waals surface area contributed by atoms with Gasteiger partial charge in [0.25, 0.3) is 0 Å². The average molecular weight is 382 g/mol. The molecule has 0 aliphatic carbocycles. The van der Waals surface area contributed by atoms with Crippen molar-refractivity contribution < 1.29 is 4.79 Å². The van der Waals surface area contributed by atoms with Crippen molar-refractivity contribution in [2.75, 3.05) is 4.90 Å². The van der Waals surface area contributed by atoms with Gasteiger partial charge in [0.05, 0.1) is 6.54 Å². The summed E-state index contributed by atoms with van der Waals surface area (Å²) in [6.45, 7) is 3.27. The highest BCUT2D eigenvalue weighted by molar-refractivity contribution is 14.1. The van der Waals surface area contributed by atoms with Gasteiger partial charge in [0.15, 0.2) is 0 Å². The summed E-state index contributed by atoms with van der Waals surface area (Å²) in [5.74, 6) is 0.983. The van der Waals surface area contributed by atoms with E-state index in [1.54, 1.807) is 6.33 Å². The van der Waals surface area contributed by atoms with Crippen LogP contribution in [0.15, 0.2) is 24.5 Å². The molecule has 3 rings (SSSR count). The maximum Gasteiger partial charge on any atom is 0.227 e. The van der Waals surface area contributed by atoms with Crippen molar-refractivity contribution >= 4 is 34.2 Å². The Hall–Kier alpha value is -1.44. The Bertz CT molecular complexity index is 652. The van der Waals surface area contributed by atoms with Crippen molar-refractivity contribution in [2.45, 2.75) is 32.9 Å². The van der Waals surface area contributed by atoms with E-state index in [2.05, 4.69) is 38.7 Å². The minimum Gasteiger partial charge on any atom is -0.305 e. The van der Waals surface area contributed by atoms with Crippen LogP contribution in [0.3, 0.4) is 0 Å². The summed E-state index contributed by atoms with van der Waals surface area (Å²) in [4.78, 5) is 18.3. The van der Waals surface area contributed by atoms with E-state index in [1.807, 2.05) is 28.6 Å². The van der Waals surface area contributed by atoms with Gasteiger partial charge in [-0.2, -0.15) is 5.10 Å². The third-order valence-corrected chi connectivity index (χ3v) is 4.21. The van der Waals surface area contributed by atoms with Crippen LogP contribution in [0.5, 0.6) is 0 Å². The minimum atomic E-state index is 0.157. The number of rotatable bonds is 3. The lowest BCUT2D eigenvalue weighted by molar-refractivity contribution is -0.119. The molecule has 5 nitrogen and oxygen atoms in total. The molecule has 0 N–H and O–H groups in total. The first-order valence-electron chi connectivity index (χ1n) is 6.64. The van der Waals surface area contributed by atoms with Gasteiger partial charge in [0.2, 0.25) is 5.91 Å². The number of carbonyl (C=O) groups excluding carboxylic acids is 1. The monoisotopic (exact) mass is 382 g/mol. The molecule has 0 saturated carbocycles. The van der Waals surface area contributed by atoms with Crippen molar-refractivity contribution in [1.82, 2.24) is 14.8 Å². The molecular formula is C14H15IN4O. The maximum atomic E-state index is 12.2. The molecule has 0 spiro atoms. The summed E-state index contributed by atoms with van der Waals surface area (Å²) in [5, 5.41) is 4.16. The van der Waals surface area contributed by atoms with Crippen LogP contribution in [0.25, 0.3) is 0 Å². The summed E-state index contributed by atoms with van der Waals surface area (Å²) in [6.07, 6.45) is 2.93. The van der Waals surface area contributed by atoms with E-state index in [1.165, 1.54) is 9.13 Å². The molecule has 1 aliphatic rings. The highest BCUT2D eigenvalue weighted by atomic mass is 127. The molecule has 1 amide bonds. The van der Waals surface area contributed by atoms with E-state index >= 15 is 0 Å². The van der Waals surface area contributed by atoms with Gasteiger partial charge in [-0.1, -0.05) is 0 Å². The van der Waals surface area contributed by atoms with Gasteiger partial charge in [-0.15, -0.1) is 0 Å². The van der Waals surface area contributed by atoms with Crippen molar-refractivity contribution in [3.63, 3.8) is 0 Å². The number of aryl methyl sites for hydroxylation is 2. The molecule has 1 aromatic carbocycles. The van der Waals surface area contributed by atoms with Gasteiger partial charge in [-0.05, 0) is 59.7 Å². The highest BCUT2D eigenvalue weighted by Gasteiger charge is 2.25.